The summed E-state index contributed by atoms with van der Waals surface area (Å²) in [6.07, 6.45) is 6.74. The number of fused-ring (bicyclic) bond motifs is 1. The summed E-state index contributed by atoms with van der Waals surface area (Å²) >= 11 is 0. The summed E-state index contributed by atoms with van der Waals surface area (Å²) in [5, 5.41) is 5.41. The van der Waals surface area contributed by atoms with Crippen LogP contribution in [-0.4, -0.2) is 27.6 Å². The van der Waals surface area contributed by atoms with Crippen LogP contribution in [0.15, 0.2) is 71.6 Å². The van der Waals surface area contributed by atoms with Crippen LogP contribution in [0.4, 0.5) is 0 Å². The van der Waals surface area contributed by atoms with Crippen molar-refractivity contribution in [1.29, 1.82) is 0 Å². The Morgan fingerprint density at radius 1 is 1.14 bits per heavy atom. The van der Waals surface area contributed by atoms with Gasteiger partial charge in [-0.2, -0.15) is 5.10 Å². The van der Waals surface area contributed by atoms with Crippen LogP contribution < -0.4 is 0 Å². The maximum atomic E-state index is 12.7. The van der Waals surface area contributed by atoms with Crippen molar-refractivity contribution in [1.82, 2.24) is 14.7 Å². The molecule has 0 radical (unpaired) electrons. The predicted molar refractivity (Wildman–Crippen MR) is 109 cm³/mol. The lowest BCUT2D eigenvalue weighted by atomic mass is 10.1. The highest BCUT2D eigenvalue weighted by atomic mass is 16.3. The van der Waals surface area contributed by atoms with E-state index in [9.17, 15) is 4.79 Å². The minimum Gasteiger partial charge on any atom is -0.464 e. The van der Waals surface area contributed by atoms with E-state index in [1.54, 1.807) is 17.4 Å². The summed E-state index contributed by atoms with van der Waals surface area (Å²) in [6.45, 7) is 2.63. The van der Waals surface area contributed by atoms with E-state index in [1.807, 2.05) is 60.4 Å². The average molecular weight is 373 g/mol. The molecule has 5 nitrogen and oxygen atoms in total. The van der Waals surface area contributed by atoms with Crippen molar-refractivity contribution < 1.29 is 9.21 Å². The number of carbonyl (C=O) groups excluding carboxylic acids is 1. The summed E-state index contributed by atoms with van der Waals surface area (Å²) < 4.78 is 7.48. The Labute approximate surface area is 164 Å². The van der Waals surface area contributed by atoms with E-state index in [4.69, 9.17) is 4.42 Å². The lowest BCUT2D eigenvalue weighted by Gasteiger charge is -2.15. The molecule has 2 aromatic carbocycles. The Morgan fingerprint density at radius 2 is 1.96 bits per heavy atom. The van der Waals surface area contributed by atoms with E-state index in [1.165, 1.54) is 5.56 Å². The van der Waals surface area contributed by atoms with Crippen LogP contribution in [0.1, 0.15) is 23.6 Å². The van der Waals surface area contributed by atoms with E-state index >= 15 is 0 Å². The molecular formula is C23H23N3O2. The van der Waals surface area contributed by atoms with Crippen molar-refractivity contribution in [3.8, 4) is 5.69 Å². The van der Waals surface area contributed by atoms with E-state index in [-0.39, 0.29) is 5.91 Å². The van der Waals surface area contributed by atoms with Crippen LogP contribution in [-0.2, 0) is 24.2 Å². The molecule has 28 heavy (non-hydrogen) atoms. The number of nitrogens with zero attached hydrogens (tertiary/aromatic N) is 3. The van der Waals surface area contributed by atoms with Crippen LogP contribution in [0.2, 0.25) is 0 Å². The highest BCUT2D eigenvalue weighted by molar-refractivity contribution is 5.87. The number of likely N-dealkylation sites (N-methyl/N-ethyl adjacent to an activating group) is 1. The van der Waals surface area contributed by atoms with Crippen molar-refractivity contribution in [2.45, 2.75) is 26.3 Å². The quantitative estimate of drug-likeness (QED) is 0.504. The molecule has 0 aliphatic heterocycles. The molecule has 5 heteroatoms. The fraction of sp³-hybridized carbons (Fsp3) is 0.217. The number of hydrogen-bond acceptors (Lipinski definition) is 3. The first-order chi connectivity index (χ1) is 13.6. The first kappa shape index (κ1) is 18.0. The van der Waals surface area contributed by atoms with Crippen LogP contribution >= 0.6 is 0 Å². The number of carbonyl (C=O) groups is 1. The fourth-order valence-corrected chi connectivity index (χ4v) is 3.31. The molecule has 0 spiro atoms. The molecule has 0 fully saturated rings. The fourth-order valence-electron chi connectivity index (χ4n) is 3.31. The lowest BCUT2D eigenvalue weighted by molar-refractivity contribution is -0.129. The van der Waals surface area contributed by atoms with Crippen molar-refractivity contribution in [3.05, 3.63) is 83.9 Å². The maximum Gasteiger partial charge on any atom is 0.227 e. The van der Waals surface area contributed by atoms with Gasteiger partial charge in [0.15, 0.2) is 0 Å². The molecule has 0 saturated heterocycles. The minimum absolute atomic E-state index is 0.0507. The highest BCUT2D eigenvalue weighted by Gasteiger charge is 2.15. The molecule has 0 N–H and O–H groups in total. The predicted octanol–water partition coefficient (Wildman–Crippen LogP) is 4.38. The summed E-state index contributed by atoms with van der Waals surface area (Å²) in [7, 11) is 1.82. The molecule has 0 aliphatic rings. The van der Waals surface area contributed by atoms with Crippen LogP contribution in [0.3, 0.4) is 0 Å². The number of rotatable bonds is 6. The van der Waals surface area contributed by atoms with Gasteiger partial charge >= 0.3 is 0 Å². The number of para-hydroxylation sites is 1. The van der Waals surface area contributed by atoms with E-state index in [2.05, 4.69) is 18.1 Å². The van der Waals surface area contributed by atoms with E-state index in [0.29, 0.717) is 13.0 Å². The number of hydrogen-bond donors (Lipinski definition) is 0. The molecule has 0 bridgehead atoms. The van der Waals surface area contributed by atoms with Gasteiger partial charge in [0.2, 0.25) is 5.91 Å². The maximum absolute atomic E-state index is 12.7. The van der Waals surface area contributed by atoms with Gasteiger partial charge in [-0.25, -0.2) is 4.68 Å². The average Bonchev–Trinajstić information content (AvgIpc) is 3.35. The van der Waals surface area contributed by atoms with E-state index in [0.717, 1.165) is 34.2 Å². The van der Waals surface area contributed by atoms with Gasteiger partial charge in [-0.05, 0) is 30.2 Å². The van der Waals surface area contributed by atoms with Crippen molar-refractivity contribution in [2.75, 3.05) is 7.05 Å². The van der Waals surface area contributed by atoms with Gasteiger partial charge in [0.05, 0.1) is 24.6 Å². The summed E-state index contributed by atoms with van der Waals surface area (Å²) in [5.74, 6) is 0.0507. The van der Waals surface area contributed by atoms with Crippen molar-refractivity contribution in [3.63, 3.8) is 0 Å². The number of aryl methyl sites for hydroxylation is 1. The second-order valence-electron chi connectivity index (χ2n) is 7.00. The normalized spacial score (nSPS) is 11.1. The van der Waals surface area contributed by atoms with Gasteiger partial charge in [-0.15, -0.1) is 0 Å². The molecule has 0 unspecified atom stereocenters. The standard InChI is InChI=1S/C23H23N3O2/c1-3-17-9-10-21-19(16-28-22(21)11-17)12-23(27)25(2)14-18-13-24-26(15-18)20-7-5-4-6-8-20/h4-11,13,15-16H,3,12,14H2,1-2H3. The molecule has 142 valence electrons. The van der Waals surface area contributed by atoms with E-state index < -0.39 is 0 Å². The largest absolute Gasteiger partial charge is 0.464 e. The van der Waals surface area contributed by atoms with Gasteiger partial charge in [-0.3, -0.25) is 4.79 Å². The lowest BCUT2D eigenvalue weighted by Crippen LogP contribution is -2.27. The number of aromatic nitrogens is 2. The second kappa shape index (κ2) is 7.72. The molecule has 0 atom stereocenters. The van der Waals surface area contributed by atoms with Crippen molar-refractivity contribution in [2.24, 2.45) is 0 Å². The van der Waals surface area contributed by atoms with Crippen LogP contribution in [0, 0.1) is 0 Å². The third-order valence-corrected chi connectivity index (χ3v) is 4.97. The first-order valence-electron chi connectivity index (χ1n) is 9.46. The zero-order valence-electron chi connectivity index (χ0n) is 16.1. The van der Waals surface area contributed by atoms with Gasteiger partial charge in [0.1, 0.15) is 5.58 Å². The van der Waals surface area contributed by atoms with Gasteiger partial charge in [-0.1, -0.05) is 37.3 Å². The molecule has 4 aromatic rings. The Hall–Kier alpha value is -3.34. The second-order valence-corrected chi connectivity index (χ2v) is 7.00. The zero-order chi connectivity index (χ0) is 19.5. The topological polar surface area (TPSA) is 51.3 Å². The number of amides is 1. The van der Waals surface area contributed by atoms with Crippen molar-refractivity contribution >= 4 is 16.9 Å². The molecule has 2 heterocycles. The van der Waals surface area contributed by atoms with Gasteiger partial charge in [0.25, 0.3) is 0 Å². The molecule has 1 amide bonds. The van der Waals surface area contributed by atoms with Gasteiger partial charge in [0, 0.05) is 36.3 Å². The molecule has 2 aromatic heterocycles. The smallest absolute Gasteiger partial charge is 0.227 e. The molecule has 0 saturated carbocycles. The van der Waals surface area contributed by atoms with Gasteiger partial charge < -0.3 is 9.32 Å². The van der Waals surface area contributed by atoms with Crippen LogP contribution in [0.5, 0.6) is 0 Å². The summed E-state index contributed by atoms with van der Waals surface area (Å²) in [6, 6.07) is 16.1. The number of furan rings is 1. The Kier molecular flexibility index (Phi) is 4.98. The number of benzene rings is 2. The Morgan fingerprint density at radius 3 is 2.75 bits per heavy atom. The minimum atomic E-state index is 0.0507. The molecule has 4 rings (SSSR count). The first-order valence-corrected chi connectivity index (χ1v) is 9.46. The zero-order valence-corrected chi connectivity index (χ0v) is 16.1. The molecule has 0 aliphatic carbocycles. The summed E-state index contributed by atoms with van der Waals surface area (Å²) in [5.41, 5.74) is 4.99. The Balaban J connectivity index is 1.44. The summed E-state index contributed by atoms with van der Waals surface area (Å²) in [4.78, 5) is 14.4. The third kappa shape index (κ3) is 3.69. The third-order valence-electron chi connectivity index (χ3n) is 4.97. The Bertz CT molecular complexity index is 1100. The highest BCUT2D eigenvalue weighted by Crippen LogP contribution is 2.23. The van der Waals surface area contributed by atoms with Crippen LogP contribution in [0.25, 0.3) is 16.7 Å². The SMILES string of the molecule is CCc1ccc2c(CC(=O)N(C)Cc3cnn(-c4ccccc4)c3)coc2c1. The monoisotopic (exact) mass is 373 g/mol. The molecular weight excluding hydrogens is 350 g/mol.